The molecule has 0 N–H and O–H groups in total. The number of hydrogen-bond acceptors (Lipinski definition) is 3. The molecule has 0 heterocycles. The number of carbonyl (C=O) groups excluding carboxylic acids is 2. The molecule has 100 valence electrons. The third-order valence-corrected chi connectivity index (χ3v) is 2.80. The molecule has 3 nitrogen and oxygen atoms in total. The van der Waals surface area contributed by atoms with Crippen LogP contribution in [0, 0.1) is 6.92 Å². The summed E-state index contributed by atoms with van der Waals surface area (Å²) in [6, 6.07) is 13.6. The van der Waals surface area contributed by atoms with Crippen molar-refractivity contribution in [2.24, 2.45) is 0 Å². The Kier molecular flexibility index (Phi) is 4.11. The summed E-state index contributed by atoms with van der Waals surface area (Å²) in [6.07, 6.45) is 1.62. The van der Waals surface area contributed by atoms with E-state index < -0.39 is 11.9 Å². The Morgan fingerprint density at radius 2 is 1.60 bits per heavy atom. The largest absolute Gasteiger partial charge is 0.386 e. The predicted octanol–water partition coefficient (Wildman–Crippen LogP) is 3.64. The minimum Gasteiger partial charge on any atom is -0.386 e. The molecule has 20 heavy (non-hydrogen) atoms. The highest BCUT2D eigenvalue weighted by atomic mass is 16.6. The molecule has 0 saturated carbocycles. The lowest BCUT2D eigenvalue weighted by atomic mass is 10.1. The van der Waals surface area contributed by atoms with Gasteiger partial charge in [0.15, 0.2) is 0 Å². The summed E-state index contributed by atoms with van der Waals surface area (Å²) in [4.78, 5) is 23.8. The molecule has 0 saturated heterocycles. The first-order valence-corrected chi connectivity index (χ1v) is 6.16. The van der Waals surface area contributed by atoms with Crippen molar-refractivity contribution in [1.29, 1.82) is 0 Å². The van der Waals surface area contributed by atoms with Crippen molar-refractivity contribution < 1.29 is 14.3 Å². The van der Waals surface area contributed by atoms with Crippen LogP contribution in [0.4, 0.5) is 0 Å². The van der Waals surface area contributed by atoms with Crippen molar-refractivity contribution in [3.05, 3.63) is 77.4 Å². The first kappa shape index (κ1) is 13.7. The van der Waals surface area contributed by atoms with E-state index in [0.29, 0.717) is 11.1 Å². The summed E-state index contributed by atoms with van der Waals surface area (Å²) in [5.74, 6) is -1.32. The van der Waals surface area contributed by atoms with Gasteiger partial charge >= 0.3 is 11.9 Å². The average molecular weight is 266 g/mol. The van der Waals surface area contributed by atoms with E-state index >= 15 is 0 Å². The summed E-state index contributed by atoms with van der Waals surface area (Å²) in [7, 11) is 0. The molecule has 2 rings (SSSR count). The minimum absolute atomic E-state index is 0.323. The van der Waals surface area contributed by atoms with E-state index in [1.807, 2.05) is 19.1 Å². The molecule has 3 heteroatoms. The maximum absolute atomic E-state index is 11.9. The van der Waals surface area contributed by atoms with Gasteiger partial charge in [-0.25, -0.2) is 9.59 Å². The summed E-state index contributed by atoms with van der Waals surface area (Å²) in [6.45, 7) is 5.50. The maximum atomic E-state index is 11.9. The zero-order valence-electron chi connectivity index (χ0n) is 11.1. The van der Waals surface area contributed by atoms with Crippen molar-refractivity contribution in [2.45, 2.75) is 6.92 Å². The van der Waals surface area contributed by atoms with Crippen LogP contribution in [0.3, 0.4) is 0 Å². The SMILES string of the molecule is C=Cc1cccc(C(=O)OC(=O)c2cccc(C)c2)c1. The van der Waals surface area contributed by atoms with E-state index in [1.165, 1.54) is 0 Å². The molecule has 2 aromatic rings. The molecule has 0 spiro atoms. The average Bonchev–Trinajstić information content (AvgIpc) is 2.47. The smallest absolute Gasteiger partial charge is 0.346 e. The number of carbonyl (C=O) groups is 2. The van der Waals surface area contributed by atoms with E-state index in [2.05, 4.69) is 6.58 Å². The van der Waals surface area contributed by atoms with Gasteiger partial charge in [-0.15, -0.1) is 0 Å². The fourth-order valence-electron chi connectivity index (χ4n) is 1.77. The fraction of sp³-hybridized carbons (Fsp3) is 0.0588. The summed E-state index contributed by atoms with van der Waals surface area (Å²) in [5, 5.41) is 0. The second-order valence-corrected chi connectivity index (χ2v) is 4.38. The molecule has 0 amide bonds. The van der Waals surface area contributed by atoms with Gasteiger partial charge in [-0.3, -0.25) is 0 Å². The lowest BCUT2D eigenvalue weighted by Gasteiger charge is -2.04. The van der Waals surface area contributed by atoms with E-state index in [9.17, 15) is 9.59 Å². The highest BCUT2D eigenvalue weighted by Gasteiger charge is 2.14. The first-order chi connectivity index (χ1) is 9.60. The molecule has 0 aliphatic heterocycles. The third kappa shape index (κ3) is 3.20. The van der Waals surface area contributed by atoms with Crippen LogP contribution in [0.25, 0.3) is 6.08 Å². The highest BCUT2D eigenvalue weighted by molar-refractivity contribution is 6.02. The van der Waals surface area contributed by atoms with Crippen LogP contribution in [0.1, 0.15) is 31.8 Å². The van der Waals surface area contributed by atoms with Gasteiger partial charge in [0.1, 0.15) is 0 Å². The zero-order valence-corrected chi connectivity index (χ0v) is 11.1. The van der Waals surface area contributed by atoms with Gasteiger partial charge in [-0.05, 0) is 36.8 Å². The Morgan fingerprint density at radius 3 is 2.20 bits per heavy atom. The lowest BCUT2D eigenvalue weighted by Crippen LogP contribution is -2.13. The van der Waals surface area contributed by atoms with Crippen LogP contribution in [0.5, 0.6) is 0 Å². The van der Waals surface area contributed by atoms with Crippen molar-refractivity contribution in [3.63, 3.8) is 0 Å². The molecule has 2 aromatic carbocycles. The van der Waals surface area contributed by atoms with E-state index in [0.717, 1.165) is 11.1 Å². The molecule has 0 aliphatic rings. The topological polar surface area (TPSA) is 43.4 Å². The number of esters is 2. The van der Waals surface area contributed by atoms with Gasteiger partial charge in [0.05, 0.1) is 11.1 Å². The highest BCUT2D eigenvalue weighted by Crippen LogP contribution is 2.11. The summed E-state index contributed by atoms with van der Waals surface area (Å²) in [5.41, 5.74) is 2.41. The van der Waals surface area contributed by atoms with Gasteiger partial charge in [0, 0.05) is 0 Å². The first-order valence-electron chi connectivity index (χ1n) is 6.16. The number of benzene rings is 2. The Morgan fingerprint density at radius 1 is 1.00 bits per heavy atom. The predicted molar refractivity (Wildman–Crippen MR) is 77.5 cm³/mol. The Labute approximate surface area is 117 Å². The Hall–Kier alpha value is -2.68. The standard InChI is InChI=1S/C17H14O3/c1-3-13-7-5-9-15(11-13)17(19)20-16(18)14-8-4-6-12(2)10-14/h3-11H,1H2,2H3. The Bertz CT molecular complexity index is 671. The molecular formula is C17H14O3. The van der Waals surface area contributed by atoms with Crippen LogP contribution in [-0.4, -0.2) is 11.9 Å². The maximum Gasteiger partial charge on any atom is 0.346 e. The van der Waals surface area contributed by atoms with Gasteiger partial charge in [-0.1, -0.05) is 42.5 Å². The van der Waals surface area contributed by atoms with E-state index in [4.69, 9.17) is 4.74 Å². The monoisotopic (exact) mass is 266 g/mol. The molecule has 0 aromatic heterocycles. The van der Waals surface area contributed by atoms with E-state index in [-0.39, 0.29) is 0 Å². The number of aryl methyl sites for hydroxylation is 1. The summed E-state index contributed by atoms with van der Waals surface area (Å²) >= 11 is 0. The zero-order chi connectivity index (χ0) is 14.5. The molecule has 0 unspecified atom stereocenters. The van der Waals surface area contributed by atoms with Crippen LogP contribution < -0.4 is 0 Å². The van der Waals surface area contributed by atoms with Gasteiger partial charge < -0.3 is 4.74 Å². The quantitative estimate of drug-likeness (QED) is 0.629. The lowest BCUT2D eigenvalue weighted by molar-refractivity contribution is 0.0397. The normalized spacial score (nSPS) is 9.85. The second-order valence-electron chi connectivity index (χ2n) is 4.38. The molecule has 0 atom stereocenters. The van der Waals surface area contributed by atoms with E-state index in [1.54, 1.807) is 42.5 Å². The fourth-order valence-corrected chi connectivity index (χ4v) is 1.77. The van der Waals surface area contributed by atoms with Crippen LogP contribution >= 0.6 is 0 Å². The van der Waals surface area contributed by atoms with Crippen molar-refractivity contribution in [2.75, 3.05) is 0 Å². The Balaban J connectivity index is 2.15. The van der Waals surface area contributed by atoms with Gasteiger partial charge in [0.2, 0.25) is 0 Å². The van der Waals surface area contributed by atoms with Crippen molar-refractivity contribution in [1.82, 2.24) is 0 Å². The third-order valence-electron chi connectivity index (χ3n) is 2.80. The number of rotatable bonds is 3. The van der Waals surface area contributed by atoms with Crippen LogP contribution in [0.2, 0.25) is 0 Å². The van der Waals surface area contributed by atoms with Crippen LogP contribution in [0.15, 0.2) is 55.1 Å². The summed E-state index contributed by atoms with van der Waals surface area (Å²) < 4.78 is 4.86. The molecule has 0 bridgehead atoms. The molecular weight excluding hydrogens is 252 g/mol. The van der Waals surface area contributed by atoms with Crippen LogP contribution in [-0.2, 0) is 4.74 Å². The second kappa shape index (κ2) is 5.97. The minimum atomic E-state index is -0.666. The number of hydrogen-bond donors (Lipinski definition) is 0. The molecule has 0 radical (unpaired) electrons. The molecule has 0 fully saturated rings. The van der Waals surface area contributed by atoms with Crippen molar-refractivity contribution in [3.8, 4) is 0 Å². The van der Waals surface area contributed by atoms with Gasteiger partial charge in [-0.2, -0.15) is 0 Å². The molecule has 0 aliphatic carbocycles. The number of ether oxygens (including phenoxy) is 1. The van der Waals surface area contributed by atoms with Crippen molar-refractivity contribution >= 4 is 18.0 Å². The van der Waals surface area contributed by atoms with Gasteiger partial charge in [0.25, 0.3) is 0 Å².